The van der Waals surface area contributed by atoms with E-state index in [-0.39, 0.29) is 12.9 Å². The molecule has 0 fully saturated rings. The van der Waals surface area contributed by atoms with E-state index in [4.69, 9.17) is 0 Å². The van der Waals surface area contributed by atoms with Crippen LogP contribution in [0.15, 0.2) is 54.6 Å². The molecule has 0 aromatic heterocycles. The smallest absolute Gasteiger partial charge is 0.305 e. The van der Waals surface area contributed by atoms with Crippen molar-refractivity contribution in [1.29, 1.82) is 0 Å². The van der Waals surface area contributed by atoms with Gasteiger partial charge in [-0.2, -0.15) is 0 Å². The third kappa shape index (κ3) is 1.57. The predicted molar refractivity (Wildman–Crippen MR) is 90.5 cm³/mol. The van der Waals surface area contributed by atoms with Crippen molar-refractivity contribution >= 4 is 23.7 Å². The van der Waals surface area contributed by atoms with Gasteiger partial charge in [-0.3, -0.25) is 0 Å². The Hall–Kier alpha value is -2.06. The highest BCUT2D eigenvalue weighted by Gasteiger charge is 2.36. The third-order valence-electron chi connectivity index (χ3n) is 4.84. The molecular formula is C19H17BO. The average molecular weight is 272 g/mol. The van der Waals surface area contributed by atoms with Gasteiger partial charge in [-0.15, -0.1) is 0 Å². The van der Waals surface area contributed by atoms with Crippen LogP contribution in [0.3, 0.4) is 0 Å². The fraction of sp³-hybridized carbons (Fsp3) is 0.158. The van der Waals surface area contributed by atoms with Crippen LogP contribution in [0.1, 0.15) is 25.0 Å². The van der Waals surface area contributed by atoms with Crippen molar-refractivity contribution in [2.24, 2.45) is 0 Å². The van der Waals surface area contributed by atoms with Crippen molar-refractivity contribution < 1.29 is 5.02 Å². The SMILES string of the molecule is CC1(C)c2ccccc2-c2c1cc(BO)c1ccccc21. The lowest BCUT2D eigenvalue weighted by Gasteiger charge is -2.22. The van der Waals surface area contributed by atoms with Crippen molar-refractivity contribution in [3.8, 4) is 11.1 Å². The van der Waals surface area contributed by atoms with Crippen LogP contribution >= 0.6 is 0 Å². The topological polar surface area (TPSA) is 20.2 Å². The Kier molecular flexibility index (Phi) is 2.55. The summed E-state index contributed by atoms with van der Waals surface area (Å²) < 4.78 is 0. The Labute approximate surface area is 125 Å². The second kappa shape index (κ2) is 4.22. The minimum atomic E-state index is -0.0140. The van der Waals surface area contributed by atoms with Gasteiger partial charge in [0.05, 0.1) is 0 Å². The minimum Gasteiger partial charge on any atom is -0.449 e. The molecule has 1 N–H and O–H groups in total. The minimum absolute atomic E-state index is 0.0140. The quantitative estimate of drug-likeness (QED) is 0.675. The molecule has 0 bridgehead atoms. The first-order chi connectivity index (χ1) is 10.1. The molecule has 0 saturated carbocycles. The van der Waals surface area contributed by atoms with Gasteiger partial charge in [0.25, 0.3) is 0 Å². The Morgan fingerprint density at radius 3 is 2.29 bits per heavy atom. The van der Waals surface area contributed by atoms with Gasteiger partial charge in [-0.1, -0.05) is 68.4 Å². The number of hydrogen-bond acceptors (Lipinski definition) is 1. The molecule has 2 heteroatoms. The summed E-state index contributed by atoms with van der Waals surface area (Å²) in [5, 5.41) is 12.2. The van der Waals surface area contributed by atoms with Crippen molar-refractivity contribution in [3.05, 3.63) is 65.7 Å². The lowest BCUT2D eigenvalue weighted by Crippen LogP contribution is -2.21. The van der Waals surface area contributed by atoms with Crippen LogP contribution in [0.25, 0.3) is 21.9 Å². The van der Waals surface area contributed by atoms with Gasteiger partial charge >= 0.3 is 7.48 Å². The van der Waals surface area contributed by atoms with Gasteiger partial charge < -0.3 is 5.02 Å². The van der Waals surface area contributed by atoms with Crippen LogP contribution in [0.5, 0.6) is 0 Å². The van der Waals surface area contributed by atoms with Crippen molar-refractivity contribution in [1.82, 2.24) is 0 Å². The highest BCUT2D eigenvalue weighted by atomic mass is 16.2. The summed E-state index contributed by atoms with van der Waals surface area (Å²) in [6.45, 7) is 4.54. The lowest BCUT2D eigenvalue weighted by atomic mass is 9.76. The van der Waals surface area contributed by atoms with Gasteiger partial charge in [0.2, 0.25) is 0 Å². The predicted octanol–water partition coefficient (Wildman–Crippen LogP) is 3.12. The molecule has 0 atom stereocenters. The van der Waals surface area contributed by atoms with E-state index in [0.717, 1.165) is 10.8 Å². The molecule has 0 radical (unpaired) electrons. The zero-order chi connectivity index (χ0) is 14.6. The number of rotatable bonds is 1. The maximum absolute atomic E-state index is 9.75. The molecule has 0 unspecified atom stereocenters. The molecule has 1 aliphatic rings. The Morgan fingerprint density at radius 2 is 1.52 bits per heavy atom. The second-order valence-electron chi connectivity index (χ2n) is 6.33. The van der Waals surface area contributed by atoms with Gasteiger partial charge in [-0.25, -0.2) is 0 Å². The monoisotopic (exact) mass is 272 g/mol. The van der Waals surface area contributed by atoms with Crippen LogP contribution < -0.4 is 5.46 Å². The molecule has 3 aromatic carbocycles. The summed E-state index contributed by atoms with van der Waals surface area (Å²) in [5.41, 5.74) is 6.37. The van der Waals surface area contributed by atoms with Gasteiger partial charge in [0.1, 0.15) is 0 Å². The fourth-order valence-electron chi connectivity index (χ4n) is 3.76. The first-order valence-corrected chi connectivity index (χ1v) is 7.40. The third-order valence-corrected chi connectivity index (χ3v) is 4.84. The number of hydrogen-bond donors (Lipinski definition) is 1. The molecule has 0 spiro atoms. The highest BCUT2D eigenvalue weighted by Crippen LogP contribution is 2.50. The highest BCUT2D eigenvalue weighted by molar-refractivity contribution is 6.50. The van der Waals surface area contributed by atoms with E-state index in [2.05, 4.69) is 62.4 Å². The molecule has 0 aliphatic heterocycles. The number of fused-ring (bicyclic) bond motifs is 5. The normalized spacial score (nSPS) is 14.8. The summed E-state index contributed by atoms with van der Waals surface area (Å²) >= 11 is 0. The van der Waals surface area contributed by atoms with Crippen LogP contribution in [0, 0.1) is 0 Å². The molecule has 102 valence electrons. The molecular weight excluding hydrogens is 255 g/mol. The summed E-state index contributed by atoms with van der Waals surface area (Å²) in [5.74, 6) is 0. The molecule has 3 aromatic rings. The zero-order valence-electron chi connectivity index (χ0n) is 12.4. The maximum atomic E-state index is 9.75. The summed E-state index contributed by atoms with van der Waals surface area (Å²) in [6.07, 6.45) is 0. The molecule has 4 rings (SSSR count). The van der Waals surface area contributed by atoms with Gasteiger partial charge in [0, 0.05) is 5.41 Å². The average Bonchev–Trinajstić information content (AvgIpc) is 2.75. The first-order valence-electron chi connectivity index (χ1n) is 7.40. The van der Waals surface area contributed by atoms with E-state index in [0.29, 0.717) is 0 Å². The standard InChI is InChI=1S/C19H17BO/c1-19(2)15-10-6-5-9-14(15)18-13-8-4-3-7-12(13)17(20-21)11-16(18)19/h3-11,20-21H,1-2H3. The van der Waals surface area contributed by atoms with E-state index >= 15 is 0 Å². The Bertz CT molecular complexity index is 865. The fourth-order valence-corrected chi connectivity index (χ4v) is 3.76. The largest absolute Gasteiger partial charge is 0.449 e. The van der Waals surface area contributed by atoms with E-state index in [1.54, 1.807) is 0 Å². The molecule has 0 amide bonds. The molecule has 0 heterocycles. The summed E-state index contributed by atoms with van der Waals surface area (Å²) in [6, 6.07) is 19.3. The zero-order valence-corrected chi connectivity index (χ0v) is 12.4. The van der Waals surface area contributed by atoms with Gasteiger partial charge in [0.15, 0.2) is 0 Å². The second-order valence-corrected chi connectivity index (χ2v) is 6.33. The van der Waals surface area contributed by atoms with Crippen LogP contribution in [-0.2, 0) is 5.41 Å². The van der Waals surface area contributed by atoms with Gasteiger partial charge in [-0.05, 0) is 38.5 Å². The van der Waals surface area contributed by atoms with Crippen LogP contribution in [-0.4, -0.2) is 12.5 Å². The van der Waals surface area contributed by atoms with E-state index in [9.17, 15) is 5.02 Å². The van der Waals surface area contributed by atoms with Crippen LogP contribution in [0.2, 0.25) is 0 Å². The first kappa shape index (κ1) is 12.7. The van der Waals surface area contributed by atoms with Crippen molar-refractivity contribution in [2.75, 3.05) is 0 Å². The molecule has 1 aliphatic carbocycles. The lowest BCUT2D eigenvalue weighted by molar-refractivity contribution is 0.615. The molecule has 1 nitrogen and oxygen atoms in total. The van der Waals surface area contributed by atoms with Crippen molar-refractivity contribution in [2.45, 2.75) is 19.3 Å². The van der Waals surface area contributed by atoms with Crippen molar-refractivity contribution in [3.63, 3.8) is 0 Å². The Morgan fingerprint density at radius 1 is 0.857 bits per heavy atom. The van der Waals surface area contributed by atoms with Crippen LogP contribution in [0.4, 0.5) is 0 Å². The Balaban J connectivity index is 2.22. The summed E-state index contributed by atoms with van der Waals surface area (Å²) in [7, 11) is 0.0836. The number of benzene rings is 3. The van der Waals surface area contributed by atoms with E-state index in [1.807, 2.05) is 6.07 Å². The van der Waals surface area contributed by atoms with E-state index < -0.39 is 0 Å². The molecule has 21 heavy (non-hydrogen) atoms. The summed E-state index contributed by atoms with van der Waals surface area (Å²) in [4.78, 5) is 0. The molecule has 0 saturated heterocycles. The maximum Gasteiger partial charge on any atom is 0.305 e. The van der Waals surface area contributed by atoms with E-state index in [1.165, 1.54) is 27.6 Å².